The Morgan fingerprint density at radius 1 is 1.25 bits per heavy atom. The van der Waals surface area contributed by atoms with Crippen molar-refractivity contribution in [3.05, 3.63) is 57.7 Å². The predicted molar refractivity (Wildman–Crippen MR) is 117 cm³/mol. The van der Waals surface area contributed by atoms with Crippen LogP contribution < -0.4 is 16.6 Å². The van der Waals surface area contributed by atoms with Crippen LogP contribution >= 0.6 is 0 Å². The van der Waals surface area contributed by atoms with Crippen molar-refractivity contribution in [2.75, 3.05) is 18.9 Å². The van der Waals surface area contributed by atoms with E-state index in [9.17, 15) is 13.6 Å². The van der Waals surface area contributed by atoms with E-state index in [-0.39, 0.29) is 41.5 Å². The Morgan fingerprint density at radius 2 is 2.03 bits per heavy atom. The van der Waals surface area contributed by atoms with E-state index in [1.165, 1.54) is 0 Å². The molecule has 166 valence electrons. The molecule has 9 heteroatoms. The van der Waals surface area contributed by atoms with E-state index in [1.54, 1.807) is 23.6 Å². The van der Waals surface area contributed by atoms with Crippen LogP contribution in [0, 0.1) is 18.6 Å². The third-order valence-corrected chi connectivity index (χ3v) is 5.86. The molecule has 1 aliphatic rings. The molecule has 1 saturated carbocycles. The number of nitrogens with one attached hydrogen (secondary N) is 1. The maximum absolute atomic E-state index is 14.7. The lowest BCUT2D eigenvalue weighted by atomic mass is 9.96. The number of pyridine rings is 1. The zero-order valence-corrected chi connectivity index (χ0v) is 17.4. The quantitative estimate of drug-likeness (QED) is 0.313. The van der Waals surface area contributed by atoms with Gasteiger partial charge in [-0.1, -0.05) is 6.07 Å². The van der Waals surface area contributed by atoms with Crippen LogP contribution in [-0.4, -0.2) is 27.8 Å². The average molecular weight is 440 g/mol. The fourth-order valence-electron chi connectivity index (χ4n) is 4.19. The van der Waals surface area contributed by atoms with Gasteiger partial charge in [-0.25, -0.2) is 13.8 Å². The van der Waals surface area contributed by atoms with Gasteiger partial charge in [0.05, 0.1) is 24.4 Å². The highest BCUT2D eigenvalue weighted by atomic mass is 19.1. The topological polar surface area (TPSA) is 106 Å². The Labute approximate surface area is 181 Å². The number of nitrogens with two attached hydrogens (primary N) is 1. The Hall–Kier alpha value is -3.30. The summed E-state index contributed by atoms with van der Waals surface area (Å²) in [5, 5.41) is 12.6. The van der Waals surface area contributed by atoms with Crippen LogP contribution in [0.15, 0.2) is 33.5 Å². The van der Waals surface area contributed by atoms with Crippen molar-refractivity contribution in [2.45, 2.75) is 32.4 Å². The number of nitrogens with zero attached hydrogens (tertiary/aromatic N) is 2. The number of nitrogen functional groups attached to an aromatic ring is 1. The van der Waals surface area contributed by atoms with Gasteiger partial charge in [-0.3, -0.25) is 4.79 Å². The molecule has 0 amide bonds. The molecule has 0 unspecified atom stereocenters. The standard InChI is InChI=1S/C23H22F2N4O3/c1-11-13(15-8-17(25)18(26)9-16(15)24)4-5-14-21(11)29(12-2-3-12)23(31)20-22(14)32-19(28-20)10-27-6-7-30/h4-5,8-9,12,27,30H,2-3,6-7,10,26H2,1H3. The number of rotatable bonds is 6. The minimum Gasteiger partial charge on any atom is -0.438 e. The van der Waals surface area contributed by atoms with Crippen LogP contribution in [0.3, 0.4) is 0 Å². The smallest absolute Gasteiger partial charge is 0.281 e. The molecule has 2 aromatic heterocycles. The Kier molecular flexibility index (Phi) is 4.94. The molecule has 4 N–H and O–H groups in total. The second-order valence-electron chi connectivity index (χ2n) is 8.08. The summed E-state index contributed by atoms with van der Waals surface area (Å²) in [6, 6.07) is 5.52. The first-order chi connectivity index (χ1) is 15.4. The number of aliphatic hydroxyl groups excluding tert-OH is 1. The number of halogens is 2. The Balaban J connectivity index is 1.78. The molecule has 32 heavy (non-hydrogen) atoms. The summed E-state index contributed by atoms with van der Waals surface area (Å²) in [5.41, 5.74) is 7.41. The number of aromatic nitrogens is 2. The molecule has 7 nitrogen and oxygen atoms in total. The van der Waals surface area contributed by atoms with Crippen LogP contribution in [0.1, 0.15) is 30.3 Å². The summed E-state index contributed by atoms with van der Waals surface area (Å²) < 4.78 is 36.4. The van der Waals surface area contributed by atoms with Crippen LogP contribution in [0.5, 0.6) is 0 Å². The number of hydrogen-bond acceptors (Lipinski definition) is 6. The lowest BCUT2D eigenvalue weighted by Gasteiger charge is -2.16. The minimum absolute atomic E-state index is 0.0259. The summed E-state index contributed by atoms with van der Waals surface area (Å²) in [5.74, 6) is -0.996. The maximum atomic E-state index is 14.7. The highest BCUT2D eigenvalue weighted by Gasteiger charge is 2.30. The first-order valence-electron chi connectivity index (χ1n) is 10.4. The van der Waals surface area contributed by atoms with Gasteiger partial charge in [0.15, 0.2) is 11.1 Å². The van der Waals surface area contributed by atoms with E-state index >= 15 is 0 Å². The van der Waals surface area contributed by atoms with Gasteiger partial charge >= 0.3 is 0 Å². The van der Waals surface area contributed by atoms with E-state index in [0.717, 1.165) is 25.0 Å². The van der Waals surface area contributed by atoms with Crippen molar-refractivity contribution in [1.29, 1.82) is 0 Å². The average Bonchev–Trinajstić information content (AvgIpc) is 3.50. The molecule has 1 aliphatic carbocycles. The predicted octanol–water partition coefficient (Wildman–Crippen LogP) is 3.40. The van der Waals surface area contributed by atoms with Crippen molar-refractivity contribution < 1.29 is 18.3 Å². The van der Waals surface area contributed by atoms with E-state index in [2.05, 4.69) is 10.3 Å². The van der Waals surface area contributed by atoms with E-state index < -0.39 is 11.6 Å². The molecule has 2 heterocycles. The van der Waals surface area contributed by atoms with Gasteiger partial charge in [-0.2, -0.15) is 0 Å². The summed E-state index contributed by atoms with van der Waals surface area (Å²) in [6.45, 7) is 2.40. The summed E-state index contributed by atoms with van der Waals surface area (Å²) in [7, 11) is 0. The molecule has 0 saturated heterocycles. The van der Waals surface area contributed by atoms with Crippen molar-refractivity contribution >= 4 is 27.7 Å². The van der Waals surface area contributed by atoms with Gasteiger partial charge in [-0.15, -0.1) is 0 Å². The van der Waals surface area contributed by atoms with Gasteiger partial charge in [0, 0.05) is 29.6 Å². The van der Waals surface area contributed by atoms with E-state index in [4.69, 9.17) is 15.3 Å². The third kappa shape index (κ3) is 3.25. The molecule has 1 fully saturated rings. The monoisotopic (exact) mass is 440 g/mol. The molecule has 5 rings (SSSR count). The van der Waals surface area contributed by atoms with Crippen LogP contribution in [0.25, 0.3) is 33.1 Å². The lowest BCUT2D eigenvalue weighted by molar-refractivity contribution is 0.289. The number of aryl methyl sites for hydroxylation is 1. The first kappa shape index (κ1) is 20.6. The number of hydrogen-bond donors (Lipinski definition) is 3. The summed E-state index contributed by atoms with van der Waals surface area (Å²) in [4.78, 5) is 17.7. The van der Waals surface area contributed by atoms with Crippen LogP contribution in [-0.2, 0) is 6.54 Å². The number of benzene rings is 2. The largest absolute Gasteiger partial charge is 0.438 e. The van der Waals surface area contributed by atoms with Gasteiger partial charge in [0.1, 0.15) is 11.6 Å². The normalized spacial score (nSPS) is 14.0. The highest BCUT2D eigenvalue weighted by Crippen LogP contribution is 2.41. The molecule has 0 radical (unpaired) electrons. The van der Waals surface area contributed by atoms with Crippen molar-refractivity contribution in [3.63, 3.8) is 0 Å². The zero-order valence-electron chi connectivity index (χ0n) is 17.4. The molecule has 2 aromatic carbocycles. The van der Waals surface area contributed by atoms with E-state index in [0.29, 0.717) is 40.0 Å². The Morgan fingerprint density at radius 3 is 2.75 bits per heavy atom. The molecule has 4 aromatic rings. The summed E-state index contributed by atoms with van der Waals surface area (Å²) in [6.07, 6.45) is 1.72. The zero-order chi connectivity index (χ0) is 22.6. The summed E-state index contributed by atoms with van der Waals surface area (Å²) >= 11 is 0. The van der Waals surface area contributed by atoms with Crippen molar-refractivity contribution in [3.8, 4) is 11.1 Å². The van der Waals surface area contributed by atoms with Gasteiger partial charge in [-0.05, 0) is 43.0 Å². The van der Waals surface area contributed by atoms with Crippen molar-refractivity contribution in [2.24, 2.45) is 0 Å². The lowest BCUT2D eigenvalue weighted by Crippen LogP contribution is -2.21. The molecular formula is C23H22F2N4O3. The number of aliphatic hydroxyl groups is 1. The van der Waals surface area contributed by atoms with Gasteiger partial charge < -0.3 is 25.1 Å². The maximum Gasteiger partial charge on any atom is 0.281 e. The molecule has 0 spiro atoms. The van der Waals surface area contributed by atoms with Crippen molar-refractivity contribution in [1.82, 2.24) is 14.9 Å². The van der Waals surface area contributed by atoms with Crippen LogP contribution in [0.4, 0.5) is 14.5 Å². The van der Waals surface area contributed by atoms with Crippen LogP contribution in [0.2, 0.25) is 0 Å². The minimum atomic E-state index is -0.703. The third-order valence-electron chi connectivity index (χ3n) is 5.86. The number of fused-ring (bicyclic) bond motifs is 3. The second-order valence-corrected chi connectivity index (χ2v) is 8.08. The molecule has 0 aliphatic heterocycles. The SMILES string of the molecule is Cc1c(-c2cc(F)c(N)cc2F)ccc2c3oc(CNCCO)nc3c(=O)n(C3CC3)c12. The van der Waals surface area contributed by atoms with Gasteiger partial charge in [0.2, 0.25) is 5.89 Å². The first-order valence-corrected chi connectivity index (χ1v) is 10.4. The molecule has 0 bridgehead atoms. The Bertz CT molecular complexity index is 1420. The van der Waals surface area contributed by atoms with E-state index in [1.807, 2.05) is 0 Å². The highest BCUT2D eigenvalue weighted by molar-refractivity contribution is 6.04. The second kappa shape index (κ2) is 7.68. The molecular weight excluding hydrogens is 418 g/mol. The van der Waals surface area contributed by atoms with Gasteiger partial charge in [0.25, 0.3) is 5.56 Å². The molecule has 0 atom stereocenters. The number of anilines is 1. The fourth-order valence-corrected chi connectivity index (χ4v) is 4.19. The fraction of sp³-hybridized carbons (Fsp3) is 0.304. The number of oxazole rings is 1.